The van der Waals surface area contributed by atoms with Gasteiger partial charge in [0, 0.05) is 68.2 Å². The summed E-state index contributed by atoms with van der Waals surface area (Å²) in [5.74, 6) is 6.44. The number of aromatic amines is 3. The first-order chi connectivity index (χ1) is 49.5. The molecule has 4 saturated heterocycles. The smallest absolute Gasteiger partial charge is 0.229 e. The van der Waals surface area contributed by atoms with E-state index in [1.807, 2.05) is 91.5 Å². The maximum Gasteiger partial charge on any atom is 0.229 e. The van der Waals surface area contributed by atoms with Crippen molar-refractivity contribution in [3.63, 3.8) is 0 Å². The Bertz CT molecular complexity index is 5370. The van der Waals surface area contributed by atoms with Crippen molar-refractivity contribution in [2.75, 3.05) is 116 Å². The molecule has 0 spiro atoms. The molecule has 4 fully saturated rings. The van der Waals surface area contributed by atoms with E-state index in [4.69, 9.17) is 59.1 Å². The first-order valence-corrected chi connectivity index (χ1v) is 35.0. The molecule has 30 nitrogen and oxygen atoms in total. The van der Waals surface area contributed by atoms with Crippen molar-refractivity contribution >= 4 is 135 Å². The van der Waals surface area contributed by atoms with Crippen LogP contribution in [0.5, 0.6) is 0 Å². The second-order valence-corrected chi connectivity index (χ2v) is 25.7. The molecule has 0 radical (unpaired) electrons. The molecule has 1 atom stereocenters. The summed E-state index contributed by atoms with van der Waals surface area (Å²) in [4.78, 5) is 78.1. The summed E-state index contributed by atoms with van der Waals surface area (Å²) < 4.78 is 28.6. The molecule has 4 aliphatic rings. The molecule has 15 aromatic rings. The van der Waals surface area contributed by atoms with Gasteiger partial charge in [0.2, 0.25) is 17.8 Å². The van der Waals surface area contributed by atoms with E-state index in [1.54, 1.807) is 53.7 Å². The summed E-state index contributed by atoms with van der Waals surface area (Å²) in [6, 6.07) is 27.7. The second kappa shape index (κ2) is 27.9. The molecule has 32 heteroatoms. The van der Waals surface area contributed by atoms with Gasteiger partial charge < -0.3 is 64.5 Å². The Morgan fingerprint density at radius 3 is 1.57 bits per heavy atom. The van der Waals surface area contributed by atoms with E-state index in [0.717, 1.165) is 166 Å². The molecule has 12 aromatic heterocycles. The van der Waals surface area contributed by atoms with Crippen molar-refractivity contribution < 1.29 is 18.9 Å². The van der Waals surface area contributed by atoms with Crippen LogP contribution in [-0.2, 0) is 38.6 Å². The average molecular weight is 1380 g/mol. The Balaban J connectivity index is 0.000000112. The van der Waals surface area contributed by atoms with E-state index in [2.05, 4.69) is 98.4 Å². The van der Waals surface area contributed by atoms with E-state index in [-0.39, 0.29) is 6.23 Å². The number of benzene rings is 3. The van der Waals surface area contributed by atoms with Crippen LogP contribution in [0.15, 0.2) is 126 Å². The number of para-hydroxylation sites is 2. The molecular formula is C68H66N26O4S2. The van der Waals surface area contributed by atoms with Crippen molar-refractivity contribution in [3.05, 3.63) is 149 Å². The van der Waals surface area contributed by atoms with E-state index in [1.165, 1.54) is 0 Å². The molecule has 6 N–H and O–H groups in total. The lowest BCUT2D eigenvalue weighted by atomic mass is 10.2. The summed E-state index contributed by atoms with van der Waals surface area (Å²) >= 11 is 3.27. The molecule has 0 amide bonds. The van der Waals surface area contributed by atoms with Gasteiger partial charge in [0.05, 0.1) is 127 Å². The van der Waals surface area contributed by atoms with Gasteiger partial charge in [-0.2, -0.15) is 57.8 Å². The summed E-state index contributed by atoms with van der Waals surface area (Å²) in [6.07, 6.45) is 10.4. The standard InChI is InChI=1S/C24H21N9OS.C22H19N9OS.C22H26N8O2/c1-2-16-17(25-6-1)3-4-18-20(16)29-19(28-18)12-26-22-21-23(33(14-27-21)15-5-11-35-13-15)31-24(30-22)32-7-9-34-10-8-32;23-10-14-1-2-16-17(9-14)27-18(26-16)11-24-20-19-21(31(13-25-19)15-3-8-33-12-15)29-22(28-20)30-4-6-32-7-5-30;1-2-6-16-15(5-1)25-17(26-16)13-23-20-19-21(28-22(27-20)29-8-11-31-12-9-29)30(14-24-19)18-7-3-4-10-32-18/h1-6,11,13-14H,7-10,12H2,(H,28,29)(H,26,30,31);1-3,8-9,12-13H,4-7,11H2,(H,26,27)(H,24,28,29);1-2,5-6,14,18H,3-4,7-13H2,(H,25,26)(H,23,27,28). The van der Waals surface area contributed by atoms with Crippen molar-refractivity contribution in [1.29, 1.82) is 5.26 Å². The Morgan fingerprint density at radius 2 is 1.01 bits per heavy atom. The fraction of sp³-hybridized carbons (Fsp3) is 0.294. The summed E-state index contributed by atoms with van der Waals surface area (Å²) in [5.41, 5.74) is 13.5. The number of imidazole rings is 6. The molecular weight excluding hydrogens is 1310 g/mol. The predicted octanol–water partition coefficient (Wildman–Crippen LogP) is 9.67. The predicted molar refractivity (Wildman–Crippen MR) is 383 cm³/mol. The van der Waals surface area contributed by atoms with Crippen LogP contribution in [-0.4, -0.2) is 179 Å². The lowest BCUT2D eigenvalue weighted by Crippen LogP contribution is -2.37. The minimum atomic E-state index is -0.0376. The van der Waals surface area contributed by atoms with Crippen molar-refractivity contribution in [2.45, 2.75) is 45.1 Å². The minimum Gasteiger partial charge on any atom is -0.378 e. The van der Waals surface area contributed by atoms with Crippen LogP contribution in [0.3, 0.4) is 0 Å². The molecule has 16 heterocycles. The Kier molecular flexibility index (Phi) is 17.3. The number of pyridine rings is 1. The zero-order chi connectivity index (χ0) is 66.7. The van der Waals surface area contributed by atoms with Crippen LogP contribution < -0.4 is 30.7 Å². The van der Waals surface area contributed by atoms with E-state index >= 15 is 0 Å². The highest BCUT2D eigenvalue weighted by Gasteiger charge is 2.26. The monoisotopic (exact) mass is 1370 g/mol. The Labute approximate surface area is 577 Å². The van der Waals surface area contributed by atoms with Gasteiger partial charge in [0.1, 0.15) is 36.4 Å². The number of rotatable bonds is 15. The first kappa shape index (κ1) is 62.2. The largest absolute Gasteiger partial charge is 0.378 e. The lowest BCUT2D eigenvalue weighted by Gasteiger charge is -2.27. The topological polar surface area (TPSA) is 336 Å². The molecule has 0 bridgehead atoms. The van der Waals surface area contributed by atoms with Gasteiger partial charge in [-0.15, -0.1) is 0 Å². The molecule has 0 aliphatic carbocycles. The zero-order valence-corrected chi connectivity index (χ0v) is 55.7. The summed E-state index contributed by atoms with van der Waals surface area (Å²) in [5, 5.41) is 28.7. The maximum atomic E-state index is 9.13. The second-order valence-electron chi connectivity index (χ2n) is 24.1. The zero-order valence-electron chi connectivity index (χ0n) is 54.0. The normalized spacial score (nSPS) is 15.9. The molecule has 0 saturated carbocycles. The quantitative estimate of drug-likeness (QED) is 0.0556. The number of nitrogens with zero attached hydrogens (tertiary/aromatic N) is 20. The van der Waals surface area contributed by atoms with Crippen LogP contribution in [0.1, 0.15) is 48.5 Å². The fourth-order valence-corrected chi connectivity index (χ4v) is 13.9. The molecule has 19 rings (SSSR count). The number of fused-ring (bicyclic) bond motifs is 8. The highest BCUT2D eigenvalue weighted by atomic mass is 32.1. The van der Waals surface area contributed by atoms with Gasteiger partial charge in [-0.1, -0.05) is 12.1 Å². The molecule has 3 aromatic carbocycles. The summed E-state index contributed by atoms with van der Waals surface area (Å²) in [6.45, 7) is 10.7. The van der Waals surface area contributed by atoms with Crippen LogP contribution in [0.2, 0.25) is 0 Å². The molecule has 4 aliphatic heterocycles. The van der Waals surface area contributed by atoms with E-state index in [0.29, 0.717) is 106 Å². The van der Waals surface area contributed by atoms with Gasteiger partial charge in [-0.05, 0) is 96.8 Å². The van der Waals surface area contributed by atoms with E-state index in [9.17, 15) is 0 Å². The SMILES string of the molecule is N#Cc1ccc2nc(CNc3nc(N4CCOCC4)nc4c3ncn4-c3ccsc3)[nH]c2c1.c1ccc2[nH]c(CNc3nc(N4CCOCC4)nc4c3ncn4C3CCCCO3)nc2c1.c1cnc2ccc3[nH]c(CNc4nc(N5CCOCC5)nc5c4ncn5-c4ccsc4)nc3c2c1. The number of anilines is 6. The number of nitriles is 1. The van der Waals surface area contributed by atoms with Crippen LogP contribution in [0.4, 0.5) is 35.3 Å². The third-order valence-electron chi connectivity index (χ3n) is 17.7. The Morgan fingerprint density at radius 1 is 0.480 bits per heavy atom. The highest BCUT2D eigenvalue weighted by Crippen LogP contribution is 2.33. The van der Waals surface area contributed by atoms with Gasteiger partial charge in [0.25, 0.3) is 0 Å². The number of thiophene rings is 2. The fourth-order valence-electron chi connectivity index (χ4n) is 12.7. The number of morpholine rings is 3. The van der Waals surface area contributed by atoms with Crippen LogP contribution in [0.25, 0.3) is 88.9 Å². The lowest BCUT2D eigenvalue weighted by molar-refractivity contribution is -0.0298. The van der Waals surface area contributed by atoms with Crippen LogP contribution in [0, 0.1) is 11.3 Å². The van der Waals surface area contributed by atoms with Gasteiger partial charge in [0.15, 0.2) is 50.9 Å². The molecule has 1 unspecified atom stereocenters. The number of ether oxygens (including phenoxy) is 4. The maximum absolute atomic E-state index is 9.13. The van der Waals surface area contributed by atoms with Gasteiger partial charge >= 0.3 is 0 Å². The van der Waals surface area contributed by atoms with Crippen molar-refractivity contribution in [1.82, 2.24) is 93.4 Å². The van der Waals surface area contributed by atoms with Crippen molar-refractivity contribution in [2.24, 2.45) is 0 Å². The van der Waals surface area contributed by atoms with Crippen molar-refractivity contribution in [3.8, 4) is 17.4 Å². The number of aromatic nitrogens is 19. The number of hydrogen-bond donors (Lipinski definition) is 6. The number of H-pyrrole nitrogens is 3. The minimum absolute atomic E-state index is 0.0376. The summed E-state index contributed by atoms with van der Waals surface area (Å²) in [7, 11) is 0. The third kappa shape index (κ3) is 12.8. The number of hydrogen-bond acceptors (Lipinski definition) is 26. The van der Waals surface area contributed by atoms with E-state index < -0.39 is 0 Å². The number of nitrogens with one attached hydrogen (secondary N) is 6. The average Bonchev–Trinajstić information content (AvgIpc) is 1.26. The third-order valence-corrected chi connectivity index (χ3v) is 19.1. The van der Waals surface area contributed by atoms with Gasteiger partial charge in [-0.3, -0.25) is 18.7 Å². The molecule has 100 heavy (non-hydrogen) atoms. The first-order valence-electron chi connectivity index (χ1n) is 33.1. The Hall–Kier alpha value is -11.3. The molecule has 504 valence electrons. The highest BCUT2D eigenvalue weighted by molar-refractivity contribution is 7.08. The van der Waals surface area contributed by atoms with Crippen LogP contribution >= 0.6 is 22.7 Å². The van der Waals surface area contributed by atoms with Gasteiger partial charge in [-0.25, -0.2) is 29.9 Å².